The standard InChI is InChI=1S/C12H12N2O4/c1-2-18-12(17)9-8(6-15)7-4-3-5-13-10(7)14-11(9)16/h3-5,15H,2,6H2,1H3,(H,13,14,16). The molecule has 0 bridgehead atoms. The summed E-state index contributed by atoms with van der Waals surface area (Å²) in [5.74, 6) is -0.742. The van der Waals surface area contributed by atoms with Gasteiger partial charge in [-0.25, -0.2) is 9.78 Å². The van der Waals surface area contributed by atoms with Crippen LogP contribution in [0.4, 0.5) is 0 Å². The molecule has 0 aliphatic heterocycles. The Bertz CT molecular complexity index is 648. The predicted molar refractivity (Wildman–Crippen MR) is 64.2 cm³/mol. The van der Waals surface area contributed by atoms with Gasteiger partial charge in [0.25, 0.3) is 5.56 Å². The zero-order valence-electron chi connectivity index (χ0n) is 9.77. The molecular formula is C12H12N2O4. The van der Waals surface area contributed by atoms with Crippen LogP contribution in [0.15, 0.2) is 23.1 Å². The fourth-order valence-electron chi connectivity index (χ4n) is 1.77. The molecule has 0 amide bonds. The molecule has 0 radical (unpaired) electrons. The number of aliphatic hydroxyl groups excluding tert-OH is 1. The van der Waals surface area contributed by atoms with Crippen LogP contribution >= 0.6 is 0 Å². The summed E-state index contributed by atoms with van der Waals surface area (Å²) in [7, 11) is 0. The zero-order chi connectivity index (χ0) is 13.1. The van der Waals surface area contributed by atoms with Gasteiger partial charge in [-0.05, 0) is 19.1 Å². The maximum absolute atomic E-state index is 11.8. The first-order valence-corrected chi connectivity index (χ1v) is 5.47. The van der Waals surface area contributed by atoms with Gasteiger partial charge in [-0.3, -0.25) is 4.79 Å². The van der Waals surface area contributed by atoms with Crippen LogP contribution in [-0.2, 0) is 11.3 Å². The van der Waals surface area contributed by atoms with E-state index in [4.69, 9.17) is 4.74 Å². The highest BCUT2D eigenvalue weighted by atomic mass is 16.5. The van der Waals surface area contributed by atoms with Gasteiger partial charge < -0.3 is 14.8 Å². The number of pyridine rings is 2. The Morgan fingerprint density at radius 2 is 2.33 bits per heavy atom. The summed E-state index contributed by atoms with van der Waals surface area (Å²) < 4.78 is 4.81. The quantitative estimate of drug-likeness (QED) is 0.775. The van der Waals surface area contributed by atoms with E-state index in [1.165, 1.54) is 6.20 Å². The number of nitrogens with one attached hydrogen (secondary N) is 1. The van der Waals surface area contributed by atoms with Crippen LogP contribution in [0.25, 0.3) is 11.0 Å². The molecule has 0 fully saturated rings. The lowest BCUT2D eigenvalue weighted by atomic mass is 10.1. The molecule has 2 rings (SSSR count). The molecule has 0 atom stereocenters. The van der Waals surface area contributed by atoms with Crippen molar-refractivity contribution in [1.82, 2.24) is 9.97 Å². The van der Waals surface area contributed by atoms with Crippen LogP contribution in [0, 0.1) is 0 Å². The Balaban J connectivity index is 2.76. The SMILES string of the molecule is CCOC(=O)c1c(CO)c2cccnc2[nH]c1=O. The fourth-order valence-corrected chi connectivity index (χ4v) is 1.77. The van der Waals surface area contributed by atoms with Gasteiger partial charge in [0.2, 0.25) is 0 Å². The number of esters is 1. The van der Waals surface area contributed by atoms with E-state index >= 15 is 0 Å². The van der Waals surface area contributed by atoms with Gasteiger partial charge in [0.1, 0.15) is 11.2 Å². The number of aliphatic hydroxyl groups is 1. The van der Waals surface area contributed by atoms with E-state index in [2.05, 4.69) is 9.97 Å². The monoisotopic (exact) mass is 248 g/mol. The van der Waals surface area contributed by atoms with Gasteiger partial charge in [0.05, 0.1) is 13.2 Å². The van der Waals surface area contributed by atoms with Crippen molar-refractivity contribution in [2.45, 2.75) is 13.5 Å². The Hall–Kier alpha value is -2.21. The molecular weight excluding hydrogens is 236 g/mol. The van der Waals surface area contributed by atoms with Crippen molar-refractivity contribution in [2.24, 2.45) is 0 Å². The lowest BCUT2D eigenvalue weighted by Crippen LogP contribution is -2.23. The first kappa shape index (κ1) is 12.3. The first-order chi connectivity index (χ1) is 8.69. The molecule has 0 spiro atoms. The smallest absolute Gasteiger partial charge is 0.344 e. The normalized spacial score (nSPS) is 10.6. The minimum atomic E-state index is -0.742. The predicted octanol–water partition coefficient (Wildman–Crippen LogP) is 0.592. The molecule has 0 unspecified atom stereocenters. The van der Waals surface area contributed by atoms with Crippen LogP contribution in [0.2, 0.25) is 0 Å². The molecule has 18 heavy (non-hydrogen) atoms. The molecule has 94 valence electrons. The van der Waals surface area contributed by atoms with Crippen molar-refractivity contribution in [1.29, 1.82) is 0 Å². The van der Waals surface area contributed by atoms with Crippen LogP contribution < -0.4 is 5.56 Å². The van der Waals surface area contributed by atoms with Crippen molar-refractivity contribution in [3.8, 4) is 0 Å². The third-order valence-electron chi connectivity index (χ3n) is 2.53. The van der Waals surface area contributed by atoms with E-state index in [9.17, 15) is 14.7 Å². The number of aromatic nitrogens is 2. The molecule has 0 aliphatic carbocycles. The summed E-state index contributed by atoms with van der Waals surface area (Å²) >= 11 is 0. The Kier molecular flexibility index (Phi) is 3.38. The molecule has 2 aromatic rings. The fraction of sp³-hybridized carbons (Fsp3) is 0.250. The Morgan fingerprint density at radius 1 is 1.56 bits per heavy atom. The maximum atomic E-state index is 11.8. The van der Waals surface area contributed by atoms with Gasteiger partial charge in [-0.15, -0.1) is 0 Å². The highest BCUT2D eigenvalue weighted by molar-refractivity contribution is 5.96. The minimum absolute atomic E-state index is 0.161. The number of fused-ring (bicyclic) bond motifs is 1. The van der Waals surface area contributed by atoms with Crippen molar-refractivity contribution in [3.63, 3.8) is 0 Å². The largest absolute Gasteiger partial charge is 0.462 e. The van der Waals surface area contributed by atoms with Crippen LogP contribution in [-0.4, -0.2) is 27.7 Å². The minimum Gasteiger partial charge on any atom is -0.462 e. The number of carbonyl (C=O) groups excluding carboxylic acids is 1. The Morgan fingerprint density at radius 3 is 3.00 bits per heavy atom. The summed E-state index contributed by atoms with van der Waals surface area (Å²) in [6.07, 6.45) is 1.52. The van der Waals surface area contributed by atoms with Gasteiger partial charge in [-0.1, -0.05) is 0 Å². The second-order valence-corrected chi connectivity index (χ2v) is 3.59. The highest BCUT2D eigenvalue weighted by Gasteiger charge is 2.19. The van der Waals surface area contributed by atoms with Crippen molar-refractivity contribution in [2.75, 3.05) is 6.61 Å². The molecule has 2 heterocycles. The molecule has 2 N–H and O–H groups in total. The number of H-pyrrole nitrogens is 1. The second kappa shape index (κ2) is 4.97. The molecule has 0 aromatic carbocycles. The van der Waals surface area contributed by atoms with Gasteiger partial charge in [-0.2, -0.15) is 0 Å². The van der Waals surface area contributed by atoms with E-state index < -0.39 is 18.1 Å². The second-order valence-electron chi connectivity index (χ2n) is 3.59. The number of ether oxygens (including phenoxy) is 1. The molecule has 6 heteroatoms. The third-order valence-corrected chi connectivity index (χ3v) is 2.53. The molecule has 0 saturated heterocycles. The number of hydrogen-bond donors (Lipinski definition) is 2. The molecule has 6 nitrogen and oxygen atoms in total. The van der Waals surface area contributed by atoms with Gasteiger partial charge in [0, 0.05) is 17.1 Å². The summed E-state index contributed by atoms with van der Waals surface area (Å²) in [5.41, 5.74) is -0.205. The summed E-state index contributed by atoms with van der Waals surface area (Å²) in [4.78, 5) is 30.0. The van der Waals surface area contributed by atoms with Crippen LogP contribution in [0.1, 0.15) is 22.8 Å². The number of rotatable bonds is 3. The molecule has 0 aliphatic rings. The summed E-state index contributed by atoms with van der Waals surface area (Å²) in [6, 6.07) is 3.33. The van der Waals surface area contributed by atoms with Crippen LogP contribution in [0.5, 0.6) is 0 Å². The zero-order valence-corrected chi connectivity index (χ0v) is 9.77. The van der Waals surface area contributed by atoms with E-state index in [-0.39, 0.29) is 17.7 Å². The number of carbonyl (C=O) groups is 1. The van der Waals surface area contributed by atoms with Gasteiger partial charge >= 0.3 is 5.97 Å². The highest BCUT2D eigenvalue weighted by Crippen LogP contribution is 2.17. The number of nitrogens with zero attached hydrogens (tertiary/aromatic N) is 1. The van der Waals surface area contributed by atoms with Gasteiger partial charge in [0.15, 0.2) is 0 Å². The van der Waals surface area contributed by atoms with E-state index in [1.807, 2.05) is 0 Å². The number of hydrogen-bond acceptors (Lipinski definition) is 5. The topological polar surface area (TPSA) is 92.3 Å². The lowest BCUT2D eigenvalue weighted by Gasteiger charge is -2.08. The van der Waals surface area contributed by atoms with Crippen LogP contribution in [0.3, 0.4) is 0 Å². The van der Waals surface area contributed by atoms with Crippen molar-refractivity contribution >= 4 is 17.0 Å². The number of aromatic amines is 1. The first-order valence-electron chi connectivity index (χ1n) is 5.47. The average Bonchev–Trinajstić information content (AvgIpc) is 2.37. The molecule has 2 aromatic heterocycles. The summed E-state index contributed by atoms with van der Waals surface area (Å²) in [6.45, 7) is 1.38. The lowest BCUT2D eigenvalue weighted by molar-refractivity contribution is 0.0521. The van der Waals surface area contributed by atoms with E-state index in [1.54, 1.807) is 19.1 Å². The van der Waals surface area contributed by atoms with Crippen molar-refractivity contribution < 1.29 is 14.6 Å². The average molecular weight is 248 g/mol. The molecule has 0 saturated carbocycles. The maximum Gasteiger partial charge on any atom is 0.344 e. The van der Waals surface area contributed by atoms with E-state index in [0.29, 0.717) is 11.0 Å². The summed E-state index contributed by atoms with van der Waals surface area (Å²) in [5, 5.41) is 9.90. The third kappa shape index (κ3) is 1.98. The van der Waals surface area contributed by atoms with E-state index in [0.717, 1.165) is 0 Å². The van der Waals surface area contributed by atoms with Crippen molar-refractivity contribution in [3.05, 3.63) is 39.8 Å². The Labute approximate surface area is 102 Å².